The summed E-state index contributed by atoms with van der Waals surface area (Å²) in [7, 11) is 1.82. The topological polar surface area (TPSA) is 47.9 Å². The van der Waals surface area contributed by atoms with Gasteiger partial charge < -0.3 is 10.6 Å². The Balaban J connectivity index is 2.01. The number of halogens is 3. The average molecular weight is 285 g/mol. The summed E-state index contributed by atoms with van der Waals surface area (Å²) in [6.45, 7) is 0. The number of likely N-dealkylation sites (N-methyl/N-ethyl adjacent to an activating group) is 1. The SMILES string of the molecule is CNC1=CCC(N/C(=C\C(=N)C(F)(F)F)C2CC2)C=C1. The van der Waals surface area contributed by atoms with E-state index in [1.165, 1.54) is 0 Å². The minimum absolute atomic E-state index is 0.0139. The maximum atomic E-state index is 12.4. The predicted octanol–water partition coefficient (Wildman–Crippen LogP) is 2.88. The fraction of sp³-hybridized carbons (Fsp3) is 0.500. The number of hydrogen-bond donors (Lipinski definition) is 3. The Hall–Kier alpha value is -1.72. The number of alkyl halides is 3. The van der Waals surface area contributed by atoms with Crippen LogP contribution >= 0.6 is 0 Å². The Morgan fingerprint density at radius 2 is 2.10 bits per heavy atom. The lowest BCUT2D eigenvalue weighted by atomic mass is 10.1. The third-order valence-corrected chi connectivity index (χ3v) is 3.36. The zero-order chi connectivity index (χ0) is 14.8. The van der Waals surface area contributed by atoms with E-state index in [4.69, 9.17) is 5.41 Å². The second-order valence-electron chi connectivity index (χ2n) is 5.04. The van der Waals surface area contributed by atoms with Crippen molar-refractivity contribution in [3.05, 3.63) is 35.7 Å². The van der Waals surface area contributed by atoms with Crippen LogP contribution in [0.25, 0.3) is 0 Å². The van der Waals surface area contributed by atoms with E-state index in [1.54, 1.807) is 0 Å². The molecule has 3 N–H and O–H groups in total. The van der Waals surface area contributed by atoms with Crippen LogP contribution in [0.5, 0.6) is 0 Å². The van der Waals surface area contributed by atoms with Crippen LogP contribution in [0.2, 0.25) is 0 Å². The molecule has 0 spiro atoms. The first-order chi connectivity index (χ1) is 9.40. The molecule has 0 saturated heterocycles. The smallest absolute Gasteiger partial charge is 0.388 e. The van der Waals surface area contributed by atoms with Gasteiger partial charge in [-0.15, -0.1) is 0 Å². The molecule has 3 nitrogen and oxygen atoms in total. The summed E-state index contributed by atoms with van der Waals surface area (Å²) in [6, 6.07) is -0.0139. The lowest BCUT2D eigenvalue weighted by molar-refractivity contribution is -0.0584. The molecule has 0 aromatic rings. The van der Waals surface area contributed by atoms with Crippen LogP contribution in [0.15, 0.2) is 35.7 Å². The first kappa shape index (κ1) is 14.7. The van der Waals surface area contributed by atoms with E-state index in [0.29, 0.717) is 5.70 Å². The molecule has 2 aliphatic carbocycles. The van der Waals surface area contributed by atoms with Crippen molar-refractivity contribution in [3.8, 4) is 0 Å². The van der Waals surface area contributed by atoms with Crippen LogP contribution in [0.1, 0.15) is 19.3 Å². The number of nitrogens with one attached hydrogen (secondary N) is 3. The van der Waals surface area contributed by atoms with E-state index in [9.17, 15) is 13.2 Å². The van der Waals surface area contributed by atoms with Gasteiger partial charge in [-0.3, -0.25) is 5.41 Å². The molecule has 0 amide bonds. The van der Waals surface area contributed by atoms with E-state index < -0.39 is 11.9 Å². The van der Waals surface area contributed by atoms with Crippen molar-refractivity contribution >= 4 is 5.71 Å². The standard InChI is InChI=1S/C14H18F3N3/c1-19-10-4-6-11(7-5-10)20-12(9-2-3-9)8-13(18)14(15,16)17/h4-6,8-9,11,18-20H,2-3,7H2,1H3/b12-8-,18-13?. The summed E-state index contributed by atoms with van der Waals surface area (Å²) in [5.41, 5.74) is 0.240. The molecule has 0 aromatic heterocycles. The van der Waals surface area contributed by atoms with Gasteiger partial charge in [-0.25, -0.2) is 0 Å². The molecule has 2 rings (SSSR count). The fourth-order valence-corrected chi connectivity index (χ4v) is 2.04. The third kappa shape index (κ3) is 3.88. The Bertz CT molecular complexity index is 471. The van der Waals surface area contributed by atoms with Gasteiger partial charge in [0, 0.05) is 24.5 Å². The molecule has 1 saturated carbocycles. The molecule has 0 heterocycles. The Morgan fingerprint density at radius 3 is 2.55 bits per heavy atom. The third-order valence-electron chi connectivity index (χ3n) is 3.36. The highest BCUT2D eigenvalue weighted by Gasteiger charge is 2.35. The summed E-state index contributed by atoms with van der Waals surface area (Å²) in [4.78, 5) is 0. The maximum absolute atomic E-state index is 12.4. The van der Waals surface area contributed by atoms with Crippen molar-refractivity contribution < 1.29 is 13.2 Å². The molecule has 20 heavy (non-hydrogen) atoms. The maximum Gasteiger partial charge on any atom is 0.432 e. The molecule has 0 radical (unpaired) electrons. The lowest BCUT2D eigenvalue weighted by Crippen LogP contribution is -2.30. The molecule has 1 fully saturated rings. The zero-order valence-corrected chi connectivity index (χ0v) is 11.2. The molecule has 110 valence electrons. The van der Waals surface area contributed by atoms with E-state index in [1.807, 2.05) is 25.3 Å². The number of hydrogen-bond acceptors (Lipinski definition) is 3. The fourth-order valence-electron chi connectivity index (χ4n) is 2.04. The number of rotatable bonds is 5. The monoisotopic (exact) mass is 285 g/mol. The van der Waals surface area contributed by atoms with E-state index in [-0.39, 0.29) is 12.0 Å². The minimum Gasteiger partial charge on any atom is -0.388 e. The van der Waals surface area contributed by atoms with E-state index in [0.717, 1.165) is 31.0 Å². The van der Waals surface area contributed by atoms with Crippen molar-refractivity contribution in [1.82, 2.24) is 10.6 Å². The lowest BCUT2D eigenvalue weighted by Gasteiger charge is -2.21. The van der Waals surface area contributed by atoms with Gasteiger partial charge in [0.15, 0.2) is 0 Å². The van der Waals surface area contributed by atoms with Crippen LogP contribution in [-0.4, -0.2) is 25.0 Å². The highest BCUT2D eigenvalue weighted by Crippen LogP contribution is 2.36. The van der Waals surface area contributed by atoms with Crippen molar-refractivity contribution in [1.29, 1.82) is 5.41 Å². The quantitative estimate of drug-likeness (QED) is 0.680. The predicted molar refractivity (Wildman–Crippen MR) is 72.4 cm³/mol. The minimum atomic E-state index is -4.58. The van der Waals surface area contributed by atoms with Crippen LogP contribution in [0, 0.1) is 11.3 Å². The second-order valence-corrected chi connectivity index (χ2v) is 5.04. The molecular weight excluding hydrogens is 267 g/mol. The number of allylic oxidation sites excluding steroid dienone is 3. The summed E-state index contributed by atoms with van der Waals surface area (Å²) in [5, 5.41) is 13.2. The van der Waals surface area contributed by atoms with Crippen molar-refractivity contribution in [2.45, 2.75) is 31.5 Å². The second kappa shape index (κ2) is 5.73. The molecule has 6 heteroatoms. The highest BCUT2D eigenvalue weighted by atomic mass is 19.4. The van der Waals surface area contributed by atoms with Crippen LogP contribution < -0.4 is 10.6 Å². The first-order valence-corrected chi connectivity index (χ1v) is 6.60. The first-order valence-electron chi connectivity index (χ1n) is 6.60. The molecule has 0 aliphatic heterocycles. The molecule has 2 aliphatic rings. The molecule has 1 atom stereocenters. The summed E-state index contributed by atoms with van der Waals surface area (Å²) in [6.07, 6.45) is 4.68. The van der Waals surface area contributed by atoms with Gasteiger partial charge in [0.05, 0.1) is 0 Å². The van der Waals surface area contributed by atoms with Crippen molar-refractivity contribution in [2.75, 3.05) is 7.05 Å². The van der Waals surface area contributed by atoms with Crippen LogP contribution in [0.4, 0.5) is 13.2 Å². The zero-order valence-electron chi connectivity index (χ0n) is 11.2. The van der Waals surface area contributed by atoms with Gasteiger partial charge >= 0.3 is 6.18 Å². The highest BCUT2D eigenvalue weighted by molar-refractivity contribution is 5.97. The van der Waals surface area contributed by atoms with Gasteiger partial charge in [0.2, 0.25) is 0 Å². The van der Waals surface area contributed by atoms with Crippen LogP contribution in [-0.2, 0) is 0 Å². The largest absolute Gasteiger partial charge is 0.432 e. The summed E-state index contributed by atoms with van der Waals surface area (Å²) < 4.78 is 37.3. The van der Waals surface area contributed by atoms with Gasteiger partial charge in [-0.2, -0.15) is 13.2 Å². The van der Waals surface area contributed by atoms with Gasteiger partial charge in [-0.1, -0.05) is 12.2 Å². The van der Waals surface area contributed by atoms with Crippen LogP contribution in [0.3, 0.4) is 0 Å². The van der Waals surface area contributed by atoms with Gasteiger partial charge in [-0.05, 0) is 37.3 Å². The molecule has 1 unspecified atom stereocenters. The Kier molecular flexibility index (Phi) is 4.20. The van der Waals surface area contributed by atoms with Crippen molar-refractivity contribution in [2.24, 2.45) is 5.92 Å². The van der Waals surface area contributed by atoms with Gasteiger partial charge in [0.1, 0.15) is 5.71 Å². The average Bonchev–Trinajstić information content (AvgIpc) is 3.22. The summed E-state index contributed by atoms with van der Waals surface area (Å²) in [5.74, 6) is 0.140. The Morgan fingerprint density at radius 1 is 1.40 bits per heavy atom. The molecular formula is C14H18F3N3. The van der Waals surface area contributed by atoms with E-state index in [2.05, 4.69) is 10.6 Å². The Labute approximate surface area is 116 Å². The summed E-state index contributed by atoms with van der Waals surface area (Å²) >= 11 is 0. The molecule has 0 bridgehead atoms. The van der Waals surface area contributed by atoms with Crippen molar-refractivity contribution in [3.63, 3.8) is 0 Å². The molecule has 0 aromatic carbocycles. The normalized spacial score (nSPS) is 23.3. The van der Waals surface area contributed by atoms with Gasteiger partial charge in [0.25, 0.3) is 0 Å². The van der Waals surface area contributed by atoms with E-state index >= 15 is 0 Å².